The van der Waals surface area contributed by atoms with Crippen molar-refractivity contribution in [3.63, 3.8) is 0 Å². The van der Waals surface area contributed by atoms with Gasteiger partial charge in [-0.25, -0.2) is 9.59 Å². The molecule has 1 aliphatic heterocycles. The minimum absolute atomic E-state index is 0.0945. The van der Waals surface area contributed by atoms with Crippen LogP contribution in [0.15, 0.2) is 72.8 Å². The minimum atomic E-state index is -1.16. The molecule has 4 N–H and O–H groups in total. The van der Waals surface area contributed by atoms with E-state index in [2.05, 4.69) is 16.0 Å². The number of benzene rings is 3. The molecule has 0 bridgehead atoms. The second kappa shape index (κ2) is 10.7. The largest absolute Gasteiger partial charge is 0.496 e. The molecule has 0 saturated carbocycles. The van der Waals surface area contributed by atoms with Crippen LogP contribution in [0.4, 0.5) is 10.5 Å². The number of ether oxygens (including phenoxy) is 1. The van der Waals surface area contributed by atoms with Crippen LogP contribution >= 0.6 is 0 Å². The maximum absolute atomic E-state index is 12.6. The standard InChI is InChI=1S/C27H27N3O5/c1-35-24-9-5-3-7-20(24)18-12-10-17(11-13-18)16-23(26(32)33)30-27(34)29-22-15-14-19-6-2-4-8-21(19)28-25(22)31/h2-13,22-23H,14-16H2,1H3,(H,28,31)(H,32,33)(H2,29,30,34). The molecule has 0 aromatic heterocycles. The Hall–Kier alpha value is -4.33. The van der Waals surface area contributed by atoms with E-state index >= 15 is 0 Å². The average Bonchev–Trinajstić information content (AvgIpc) is 3.02. The number of carbonyl (C=O) groups is 3. The Morgan fingerprint density at radius 3 is 2.51 bits per heavy atom. The number of rotatable bonds is 7. The molecule has 3 amide bonds. The van der Waals surface area contributed by atoms with Gasteiger partial charge in [0.15, 0.2) is 0 Å². The number of carboxylic acid groups (broad SMARTS) is 1. The number of anilines is 1. The molecule has 35 heavy (non-hydrogen) atoms. The van der Waals surface area contributed by atoms with Crippen molar-refractivity contribution in [2.75, 3.05) is 12.4 Å². The van der Waals surface area contributed by atoms with Crippen LogP contribution in [-0.2, 0) is 22.4 Å². The molecule has 8 heteroatoms. The Balaban J connectivity index is 1.38. The molecule has 1 aliphatic rings. The van der Waals surface area contributed by atoms with Crippen molar-refractivity contribution in [2.24, 2.45) is 0 Å². The lowest BCUT2D eigenvalue weighted by atomic mass is 10.00. The molecular formula is C27H27N3O5. The molecule has 2 atom stereocenters. The number of aryl methyl sites for hydroxylation is 1. The van der Waals surface area contributed by atoms with E-state index in [4.69, 9.17) is 4.74 Å². The van der Waals surface area contributed by atoms with E-state index in [9.17, 15) is 19.5 Å². The van der Waals surface area contributed by atoms with Crippen molar-refractivity contribution >= 4 is 23.6 Å². The topological polar surface area (TPSA) is 117 Å². The highest BCUT2D eigenvalue weighted by Crippen LogP contribution is 2.29. The van der Waals surface area contributed by atoms with E-state index in [0.717, 1.165) is 33.7 Å². The fourth-order valence-corrected chi connectivity index (χ4v) is 4.15. The predicted octanol–water partition coefficient (Wildman–Crippen LogP) is 3.61. The average molecular weight is 474 g/mol. The normalized spacial score (nSPS) is 15.7. The number of carboxylic acids is 1. The van der Waals surface area contributed by atoms with Crippen LogP contribution in [0, 0.1) is 0 Å². The summed E-state index contributed by atoms with van der Waals surface area (Å²) in [5.74, 6) is -0.747. The monoisotopic (exact) mass is 473 g/mol. The van der Waals surface area contributed by atoms with Gasteiger partial charge in [-0.15, -0.1) is 0 Å². The van der Waals surface area contributed by atoms with Crippen molar-refractivity contribution in [3.8, 4) is 16.9 Å². The first-order valence-electron chi connectivity index (χ1n) is 11.4. The molecule has 0 aliphatic carbocycles. The second-order valence-corrected chi connectivity index (χ2v) is 8.35. The summed E-state index contributed by atoms with van der Waals surface area (Å²) < 4.78 is 5.41. The highest BCUT2D eigenvalue weighted by Gasteiger charge is 2.27. The lowest BCUT2D eigenvalue weighted by Gasteiger charge is -2.19. The lowest BCUT2D eigenvalue weighted by molar-refractivity contribution is -0.139. The summed E-state index contributed by atoms with van der Waals surface area (Å²) >= 11 is 0. The molecular weight excluding hydrogens is 446 g/mol. The van der Waals surface area contributed by atoms with Gasteiger partial charge in [0.2, 0.25) is 5.91 Å². The second-order valence-electron chi connectivity index (χ2n) is 8.35. The van der Waals surface area contributed by atoms with Gasteiger partial charge in [0.05, 0.1) is 7.11 Å². The van der Waals surface area contributed by atoms with E-state index in [-0.39, 0.29) is 12.3 Å². The Kier molecular flexibility index (Phi) is 7.30. The van der Waals surface area contributed by atoms with Crippen LogP contribution < -0.4 is 20.7 Å². The van der Waals surface area contributed by atoms with Gasteiger partial charge in [0.25, 0.3) is 0 Å². The number of para-hydroxylation sites is 2. The maximum atomic E-state index is 12.6. The Bertz CT molecular complexity index is 1230. The van der Waals surface area contributed by atoms with Crippen molar-refractivity contribution < 1.29 is 24.2 Å². The first kappa shape index (κ1) is 23.8. The van der Waals surface area contributed by atoms with Gasteiger partial charge in [-0.05, 0) is 41.7 Å². The zero-order chi connectivity index (χ0) is 24.8. The summed E-state index contributed by atoms with van der Waals surface area (Å²) in [5, 5.41) is 17.6. The molecule has 0 saturated heterocycles. The Labute approximate surface area is 203 Å². The van der Waals surface area contributed by atoms with E-state index < -0.39 is 24.1 Å². The van der Waals surface area contributed by atoms with Gasteiger partial charge < -0.3 is 25.8 Å². The number of hydrogen-bond donors (Lipinski definition) is 4. The van der Waals surface area contributed by atoms with Crippen molar-refractivity contribution in [3.05, 3.63) is 83.9 Å². The van der Waals surface area contributed by atoms with E-state index in [1.165, 1.54) is 0 Å². The van der Waals surface area contributed by atoms with Gasteiger partial charge in [-0.3, -0.25) is 4.79 Å². The molecule has 8 nitrogen and oxygen atoms in total. The van der Waals surface area contributed by atoms with Gasteiger partial charge in [0, 0.05) is 17.7 Å². The van der Waals surface area contributed by atoms with Gasteiger partial charge in [0.1, 0.15) is 17.8 Å². The summed E-state index contributed by atoms with van der Waals surface area (Å²) in [6, 6.07) is 19.9. The first-order valence-corrected chi connectivity index (χ1v) is 11.4. The Morgan fingerprint density at radius 1 is 1.06 bits per heavy atom. The number of nitrogens with one attached hydrogen (secondary N) is 3. The number of aliphatic carboxylic acids is 1. The third kappa shape index (κ3) is 5.78. The number of urea groups is 1. The molecule has 3 aromatic rings. The highest BCUT2D eigenvalue weighted by molar-refractivity contribution is 5.98. The summed E-state index contributed by atoms with van der Waals surface area (Å²) in [6.45, 7) is 0. The number of hydrogen-bond acceptors (Lipinski definition) is 4. The molecule has 0 spiro atoms. The van der Waals surface area contributed by atoms with E-state index in [0.29, 0.717) is 12.8 Å². The highest BCUT2D eigenvalue weighted by atomic mass is 16.5. The maximum Gasteiger partial charge on any atom is 0.326 e. The van der Waals surface area contributed by atoms with Crippen LogP contribution in [0.5, 0.6) is 5.75 Å². The zero-order valence-corrected chi connectivity index (χ0v) is 19.3. The van der Waals surface area contributed by atoms with Crippen molar-refractivity contribution in [2.45, 2.75) is 31.3 Å². The van der Waals surface area contributed by atoms with Gasteiger partial charge >= 0.3 is 12.0 Å². The summed E-state index contributed by atoms with van der Waals surface area (Å²) in [7, 11) is 1.61. The fraction of sp³-hybridized carbons (Fsp3) is 0.222. The molecule has 1 heterocycles. The molecule has 2 unspecified atom stereocenters. The lowest BCUT2D eigenvalue weighted by Crippen LogP contribution is -2.52. The number of carbonyl (C=O) groups excluding carboxylic acids is 2. The molecule has 0 fully saturated rings. The summed E-state index contributed by atoms with van der Waals surface area (Å²) in [5.41, 5.74) is 4.33. The summed E-state index contributed by atoms with van der Waals surface area (Å²) in [6.07, 6.45) is 1.12. The first-order chi connectivity index (χ1) is 16.9. The van der Waals surface area contributed by atoms with Crippen molar-refractivity contribution in [1.82, 2.24) is 10.6 Å². The van der Waals surface area contributed by atoms with Crippen LogP contribution in [-0.4, -0.2) is 42.2 Å². The fourth-order valence-electron chi connectivity index (χ4n) is 4.15. The zero-order valence-electron chi connectivity index (χ0n) is 19.3. The predicted molar refractivity (Wildman–Crippen MR) is 132 cm³/mol. The Morgan fingerprint density at radius 2 is 1.77 bits per heavy atom. The van der Waals surface area contributed by atoms with Crippen LogP contribution in [0.2, 0.25) is 0 Å². The number of amides is 3. The number of methoxy groups -OCH3 is 1. The van der Waals surface area contributed by atoms with Gasteiger partial charge in [-0.2, -0.15) is 0 Å². The summed E-state index contributed by atoms with van der Waals surface area (Å²) in [4.78, 5) is 36.9. The molecule has 3 aromatic carbocycles. The minimum Gasteiger partial charge on any atom is -0.496 e. The quantitative estimate of drug-likeness (QED) is 0.418. The third-order valence-electron chi connectivity index (χ3n) is 6.01. The molecule has 4 rings (SSSR count). The van der Waals surface area contributed by atoms with Crippen molar-refractivity contribution in [1.29, 1.82) is 0 Å². The van der Waals surface area contributed by atoms with Crippen LogP contribution in [0.1, 0.15) is 17.5 Å². The molecule has 180 valence electrons. The number of fused-ring (bicyclic) bond motifs is 1. The SMILES string of the molecule is COc1ccccc1-c1ccc(CC(NC(=O)NC2CCc3ccccc3NC2=O)C(=O)O)cc1. The molecule has 0 radical (unpaired) electrons. The van der Waals surface area contributed by atoms with Gasteiger partial charge in [-0.1, -0.05) is 60.7 Å². The smallest absolute Gasteiger partial charge is 0.326 e. The third-order valence-corrected chi connectivity index (χ3v) is 6.01. The van der Waals surface area contributed by atoms with E-state index in [1.54, 1.807) is 7.11 Å². The van der Waals surface area contributed by atoms with Crippen LogP contribution in [0.25, 0.3) is 11.1 Å². The van der Waals surface area contributed by atoms with Crippen LogP contribution in [0.3, 0.4) is 0 Å². The van der Waals surface area contributed by atoms with E-state index in [1.807, 2.05) is 72.8 Å².